The van der Waals surface area contributed by atoms with Gasteiger partial charge in [0.15, 0.2) is 0 Å². The molecule has 1 aromatic rings. The maximum Gasteiger partial charge on any atom is 0.416 e. The van der Waals surface area contributed by atoms with Crippen molar-refractivity contribution in [2.24, 2.45) is 23.5 Å². The van der Waals surface area contributed by atoms with Crippen molar-refractivity contribution in [1.82, 2.24) is 0 Å². The monoisotopic (exact) mass is 469 g/mol. The molecule has 0 aliphatic heterocycles. The maximum absolute atomic E-state index is 12.6. The van der Waals surface area contributed by atoms with E-state index < -0.39 is 11.7 Å². The van der Waals surface area contributed by atoms with Crippen molar-refractivity contribution < 1.29 is 22.7 Å². The minimum absolute atomic E-state index is 0.180. The van der Waals surface area contributed by atoms with Gasteiger partial charge >= 0.3 is 12.1 Å². The quantitative estimate of drug-likeness (QED) is 0.421. The summed E-state index contributed by atoms with van der Waals surface area (Å²) in [5.41, 5.74) is 5.94. The second kappa shape index (κ2) is 14.0. The average Bonchev–Trinajstić information content (AvgIpc) is 2.80. The van der Waals surface area contributed by atoms with Crippen molar-refractivity contribution in [2.75, 3.05) is 13.2 Å². The Kier molecular flexibility index (Phi) is 11.7. The Morgan fingerprint density at radius 2 is 1.61 bits per heavy atom. The Morgan fingerprint density at radius 3 is 2.15 bits per heavy atom. The van der Waals surface area contributed by atoms with Gasteiger partial charge in [0.05, 0.1) is 12.2 Å². The van der Waals surface area contributed by atoms with E-state index >= 15 is 0 Å². The first-order valence-electron chi connectivity index (χ1n) is 12.8. The smallest absolute Gasteiger partial charge is 0.416 e. The molecule has 0 amide bonds. The van der Waals surface area contributed by atoms with Crippen molar-refractivity contribution in [1.29, 1.82) is 0 Å². The number of carbonyl (C=O) groups is 1. The summed E-state index contributed by atoms with van der Waals surface area (Å²) in [6.07, 6.45) is 8.35. The number of carbonyl (C=O) groups excluding carboxylic acids is 1. The van der Waals surface area contributed by atoms with Crippen LogP contribution in [-0.4, -0.2) is 19.1 Å². The fourth-order valence-electron chi connectivity index (χ4n) is 5.34. The number of rotatable bonds is 7. The van der Waals surface area contributed by atoms with Gasteiger partial charge in [-0.3, -0.25) is 4.79 Å². The summed E-state index contributed by atoms with van der Waals surface area (Å²) in [6.45, 7) is 5.37. The van der Waals surface area contributed by atoms with Gasteiger partial charge in [0, 0.05) is 6.42 Å². The summed E-state index contributed by atoms with van der Waals surface area (Å²) < 4.78 is 42.7. The van der Waals surface area contributed by atoms with Crippen LogP contribution in [0.5, 0.6) is 0 Å². The summed E-state index contributed by atoms with van der Waals surface area (Å²) >= 11 is 0. The first-order chi connectivity index (χ1) is 15.8. The molecule has 3 nitrogen and oxygen atoms in total. The van der Waals surface area contributed by atoms with Crippen LogP contribution in [0.25, 0.3) is 0 Å². The van der Waals surface area contributed by atoms with Crippen LogP contribution in [0.3, 0.4) is 0 Å². The zero-order valence-corrected chi connectivity index (χ0v) is 20.3. The van der Waals surface area contributed by atoms with Crippen LogP contribution in [0, 0.1) is 17.8 Å². The SMILES string of the molecule is CCCC1CCC(CN)CC1.CCOC(=O)CC1CCCC(c2ccc(C(F)(F)F)cc2)C1. The molecule has 3 rings (SSSR count). The van der Waals surface area contributed by atoms with E-state index in [2.05, 4.69) is 6.92 Å². The molecule has 0 spiro atoms. The van der Waals surface area contributed by atoms with E-state index in [1.54, 1.807) is 19.1 Å². The number of halogens is 3. The van der Waals surface area contributed by atoms with Gasteiger partial charge in [-0.25, -0.2) is 0 Å². The molecule has 0 bridgehead atoms. The van der Waals surface area contributed by atoms with E-state index in [1.807, 2.05) is 0 Å². The first-order valence-corrected chi connectivity index (χ1v) is 12.8. The lowest BCUT2D eigenvalue weighted by Crippen LogP contribution is -2.21. The van der Waals surface area contributed by atoms with Gasteiger partial charge in [-0.2, -0.15) is 13.2 Å². The van der Waals surface area contributed by atoms with Crippen molar-refractivity contribution in [3.8, 4) is 0 Å². The Morgan fingerprint density at radius 1 is 0.970 bits per heavy atom. The lowest BCUT2D eigenvalue weighted by atomic mass is 9.77. The number of hydrogen-bond acceptors (Lipinski definition) is 3. The van der Waals surface area contributed by atoms with Crippen LogP contribution in [0.1, 0.15) is 102 Å². The molecule has 0 saturated heterocycles. The van der Waals surface area contributed by atoms with Crippen molar-refractivity contribution >= 4 is 5.97 Å². The molecule has 2 atom stereocenters. The molecule has 0 radical (unpaired) electrons. The standard InChI is InChI=1S/C17H21F3O2.C10H21N/c1-2-22-16(21)11-12-4-3-5-14(10-12)13-6-8-15(9-7-13)17(18,19)20;1-2-3-9-4-6-10(8-11)7-5-9/h6-9,12,14H,2-5,10-11H2,1H3;9-10H,2-8,11H2,1H3. The first kappa shape index (κ1) is 27.7. The predicted octanol–water partition coefficient (Wildman–Crippen LogP) is 7.48. The van der Waals surface area contributed by atoms with Crippen molar-refractivity contribution in [3.63, 3.8) is 0 Å². The molecular formula is C27H42F3NO2. The molecule has 1 aromatic carbocycles. The van der Waals surface area contributed by atoms with Gasteiger partial charge in [-0.05, 0) is 86.9 Å². The number of esters is 1. The molecule has 2 unspecified atom stereocenters. The van der Waals surface area contributed by atoms with Crippen LogP contribution < -0.4 is 5.73 Å². The molecule has 2 saturated carbocycles. The third kappa shape index (κ3) is 9.68. The third-order valence-corrected chi connectivity index (χ3v) is 7.25. The minimum Gasteiger partial charge on any atom is -0.466 e. The fraction of sp³-hybridized carbons (Fsp3) is 0.741. The van der Waals surface area contributed by atoms with Crippen LogP contribution in [-0.2, 0) is 15.7 Å². The molecule has 33 heavy (non-hydrogen) atoms. The molecule has 2 fully saturated rings. The molecule has 188 valence electrons. The summed E-state index contributed by atoms with van der Waals surface area (Å²) in [4.78, 5) is 11.6. The molecule has 0 aromatic heterocycles. The molecule has 2 N–H and O–H groups in total. The van der Waals surface area contributed by atoms with Crippen molar-refractivity contribution in [3.05, 3.63) is 35.4 Å². The van der Waals surface area contributed by atoms with Crippen LogP contribution in [0.15, 0.2) is 24.3 Å². The zero-order valence-electron chi connectivity index (χ0n) is 20.3. The summed E-state index contributed by atoms with van der Waals surface area (Å²) in [7, 11) is 0. The van der Waals surface area contributed by atoms with Gasteiger partial charge in [0.1, 0.15) is 0 Å². The van der Waals surface area contributed by atoms with Crippen LogP contribution >= 0.6 is 0 Å². The molecular weight excluding hydrogens is 427 g/mol. The molecule has 2 aliphatic carbocycles. The van der Waals surface area contributed by atoms with Gasteiger partial charge in [-0.15, -0.1) is 0 Å². The Hall–Kier alpha value is -1.56. The number of hydrogen-bond donors (Lipinski definition) is 1. The summed E-state index contributed by atoms with van der Waals surface area (Å²) in [5.74, 6) is 2.20. The molecule has 2 aliphatic rings. The van der Waals surface area contributed by atoms with Crippen LogP contribution in [0.4, 0.5) is 13.2 Å². The van der Waals surface area contributed by atoms with Gasteiger partial charge in [0.2, 0.25) is 0 Å². The minimum atomic E-state index is -4.29. The number of ether oxygens (including phenoxy) is 1. The van der Waals surface area contributed by atoms with E-state index in [4.69, 9.17) is 10.5 Å². The van der Waals surface area contributed by atoms with E-state index in [0.717, 1.165) is 61.8 Å². The predicted molar refractivity (Wildman–Crippen MR) is 127 cm³/mol. The number of nitrogens with two attached hydrogens (primary N) is 1. The van der Waals surface area contributed by atoms with E-state index in [1.165, 1.54) is 38.5 Å². The second-order valence-corrected chi connectivity index (χ2v) is 9.77. The van der Waals surface area contributed by atoms with Gasteiger partial charge < -0.3 is 10.5 Å². The third-order valence-electron chi connectivity index (χ3n) is 7.25. The van der Waals surface area contributed by atoms with Crippen molar-refractivity contribution in [2.45, 2.75) is 96.6 Å². The lowest BCUT2D eigenvalue weighted by molar-refractivity contribution is -0.144. The highest BCUT2D eigenvalue weighted by Gasteiger charge is 2.31. The summed E-state index contributed by atoms with van der Waals surface area (Å²) in [5, 5.41) is 0. The zero-order chi connectivity index (χ0) is 24.3. The highest BCUT2D eigenvalue weighted by Crippen LogP contribution is 2.39. The average molecular weight is 470 g/mol. The molecule has 0 heterocycles. The Bertz CT molecular complexity index is 682. The summed E-state index contributed by atoms with van der Waals surface area (Å²) in [6, 6.07) is 5.43. The Balaban J connectivity index is 0.000000294. The normalized spacial score (nSPS) is 25.6. The highest BCUT2D eigenvalue weighted by atomic mass is 19.4. The maximum atomic E-state index is 12.6. The molecule has 6 heteroatoms. The Labute approximate surface area is 197 Å². The van der Waals surface area contributed by atoms with Gasteiger partial charge in [0.25, 0.3) is 0 Å². The fourth-order valence-corrected chi connectivity index (χ4v) is 5.34. The van der Waals surface area contributed by atoms with E-state index in [-0.39, 0.29) is 17.8 Å². The highest BCUT2D eigenvalue weighted by molar-refractivity contribution is 5.69. The van der Waals surface area contributed by atoms with E-state index in [9.17, 15) is 18.0 Å². The number of alkyl halides is 3. The van der Waals surface area contributed by atoms with E-state index in [0.29, 0.717) is 13.0 Å². The second-order valence-electron chi connectivity index (χ2n) is 9.77. The van der Waals surface area contributed by atoms with Gasteiger partial charge in [-0.1, -0.05) is 51.2 Å². The lowest BCUT2D eigenvalue weighted by Gasteiger charge is -2.29. The topological polar surface area (TPSA) is 52.3 Å². The largest absolute Gasteiger partial charge is 0.466 e. The van der Waals surface area contributed by atoms with Crippen LogP contribution in [0.2, 0.25) is 0 Å². The number of benzene rings is 1.